The number of fused-ring (bicyclic) bond motifs is 4. The first-order valence-corrected chi connectivity index (χ1v) is 31.3. The van der Waals surface area contributed by atoms with Gasteiger partial charge in [-0.15, -0.1) is 0 Å². The van der Waals surface area contributed by atoms with Gasteiger partial charge >= 0.3 is 11.9 Å². The summed E-state index contributed by atoms with van der Waals surface area (Å²) >= 11 is 0. The molecule has 6 fully saturated rings. The Morgan fingerprint density at radius 2 is 1.06 bits per heavy atom. The quantitative estimate of drug-likeness (QED) is 0.0639. The molecule has 6 saturated heterocycles. The minimum absolute atomic E-state index is 0. The van der Waals surface area contributed by atoms with Gasteiger partial charge in [0.05, 0.1) is 29.9 Å². The molecule has 25 nitrogen and oxygen atoms in total. The summed E-state index contributed by atoms with van der Waals surface area (Å²) in [6.07, 6.45) is 10.3. The highest BCUT2D eigenvalue weighted by Crippen LogP contribution is 2.41. The smallest absolute Gasteiger partial charge is 0.309 e. The molecule has 10 rings (SSSR count). The molecule has 82 heavy (non-hydrogen) atoms. The summed E-state index contributed by atoms with van der Waals surface area (Å²) in [6, 6.07) is 3.12. The third-order valence-corrected chi connectivity index (χ3v) is 20.1. The van der Waals surface area contributed by atoms with E-state index in [1.165, 1.54) is 0 Å². The number of nitrogens with zero attached hydrogens (tertiary/aromatic N) is 10. The monoisotopic (exact) mass is 1190 g/mol. The highest BCUT2D eigenvalue weighted by atomic mass is 32.2. The number of ether oxygens (including phenoxy) is 3. The first-order chi connectivity index (χ1) is 38.7. The molecule has 0 saturated carbocycles. The lowest BCUT2D eigenvalue weighted by Crippen LogP contribution is -2.58. The Kier molecular flexibility index (Phi) is 22.0. The van der Waals surface area contributed by atoms with Gasteiger partial charge in [0.1, 0.15) is 18.0 Å². The number of aromatic amines is 2. The number of anilines is 6. The first kappa shape index (κ1) is 63.9. The van der Waals surface area contributed by atoms with E-state index in [2.05, 4.69) is 51.0 Å². The molecule has 4 aromatic rings. The third kappa shape index (κ3) is 15.3. The average molecular weight is 1190 g/mol. The molecule has 6 aliphatic rings. The van der Waals surface area contributed by atoms with Crippen molar-refractivity contribution in [2.75, 3.05) is 72.5 Å². The van der Waals surface area contributed by atoms with Gasteiger partial charge < -0.3 is 44.9 Å². The minimum atomic E-state index is -3.31. The predicted molar refractivity (Wildman–Crippen MR) is 303 cm³/mol. The Bertz CT molecular complexity index is 2990. The van der Waals surface area contributed by atoms with Crippen molar-refractivity contribution in [1.82, 2.24) is 48.9 Å². The number of esters is 1. The number of aryl methyl sites for hydroxylation is 2. The maximum Gasteiger partial charge on any atom is 0.309 e. The van der Waals surface area contributed by atoms with Crippen molar-refractivity contribution in [3.63, 3.8) is 0 Å². The van der Waals surface area contributed by atoms with E-state index in [1.807, 2.05) is 37.7 Å². The largest absolute Gasteiger partial charge is 0.481 e. The number of aliphatic hydroxyl groups excluding tert-OH is 1. The molecule has 456 valence electrons. The van der Waals surface area contributed by atoms with Crippen molar-refractivity contribution in [1.29, 1.82) is 0 Å². The van der Waals surface area contributed by atoms with Gasteiger partial charge in [0.25, 0.3) is 0 Å². The molecule has 4 aromatic heterocycles. The number of carbonyl (C=O) groups is 2. The molecule has 4 bridgehead atoms. The summed E-state index contributed by atoms with van der Waals surface area (Å²) in [7, 11) is -2.90. The van der Waals surface area contributed by atoms with Crippen LogP contribution in [-0.4, -0.2) is 176 Å². The van der Waals surface area contributed by atoms with Gasteiger partial charge in [-0.3, -0.25) is 19.8 Å². The highest BCUT2D eigenvalue weighted by molar-refractivity contribution is 7.89. The zero-order valence-electron chi connectivity index (χ0n) is 46.9. The molecule has 10 heterocycles. The zero-order valence-corrected chi connectivity index (χ0v) is 48.6. The van der Waals surface area contributed by atoms with Gasteiger partial charge in [-0.25, -0.2) is 35.6 Å². The standard InChI is InChI=1S/C26H38FN7O5S.C20H30FN7O3S.C6H10O3.CH4/c1-4-40(36,37)34-18-6-5-7-19(34)14-20(13-18)33(3)26-28-21(15-39-25(35)17-8-10-38-11-9-17)23(27)24(30-26)29-22-12-16(2)31-32-22;1-4-32(30,31)28-13-6-5-7-14(28)10-15(9-13)27(3)20-22-16(11-29)18(21)19(24-20)23-17-8-12(2)25-26-17;7-6(8)5-1-3-9-4-2-5;/h12,17-20H,4-11,13-15H2,1-3H3,(H2,28,29,30,31,32);8,13-15,29H,4-7,9-11H2,1-3H3,(H2,22,23,24,25,26);5H,1-4H2,(H,7,8);1H4/t18-,19+,20?;13-,14+,15?;;. The number of carboxylic acids is 1. The molecule has 0 aromatic carbocycles. The summed E-state index contributed by atoms with van der Waals surface area (Å²) in [6.45, 7) is 8.32. The van der Waals surface area contributed by atoms with Crippen LogP contribution in [0.1, 0.15) is 134 Å². The summed E-state index contributed by atoms with van der Waals surface area (Å²) in [4.78, 5) is 44.3. The van der Waals surface area contributed by atoms with Crippen molar-refractivity contribution in [2.45, 2.75) is 174 Å². The number of aliphatic carboxylic acids is 1. The molecule has 0 aliphatic carbocycles. The summed E-state index contributed by atoms with van der Waals surface area (Å²) in [5.41, 5.74) is 1.45. The fourth-order valence-corrected chi connectivity index (χ4v) is 14.9. The van der Waals surface area contributed by atoms with E-state index in [1.54, 1.807) is 34.6 Å². The van der Waals surface area contributed by atoms with E-state index in [9.17, 15) is 35.9 Å². The van der Waals surface area contributed by atoms with Crippen LogP contribution in [0.2, 0.25) is 0 Å². The number of aromatic nitrogens is 8. The summed E-state index contributed by atoms with van der Waals surface area (Å²) in [5.74, 6) is -1.59. The molecular weight excluding hydrogens is 1110 g/mol. The fourth-order valence-electron chi connectivity index (χ4n) is 11.8. The fraction of sp³-hybridized carbons (Fsp3) is 0.698. The van der Waals surface area contributed by atoms with Crippen LogP contribution in [0, 0.1) is 37.3 Å². The van der Waals surface area contributed by atoms with E-state index in [4.69, 9.17) is 19.3 Å². The molecule has 0 spiro atoms. The SMILES string of the molecule is C.CCS(=O)(=O)N1[C@@H]2CCC[C@H]1CC(N(C)c1nc(CO)c(F)c(Nc3cc(C)[nH]n3)n1)C2.CCS(=O)(=O)N1[C@@H]2CCC[C@H]1CC(N(C)c1nc(COC(=O)C3CCOCC3)c(F)c(Nc3cc(C)[nH]n3)n1)C2.O=C(O)C1CCOCC1. The van der Waals surface area contributed by atoms with Gasteiger partial charge in [-0.05, 0) is 105 Å². The number of hydrogen-bond donors (Lipinski definition) is 6. The Morgan fingerprint density at radius 3 is 1.41 bits per heavy atom. The van der Waals surface area contributed by atoms with Gasteiger partial charge in [-0.1, -0.05) is 20.3 Å². The van der Waals surface area contributed by atoms with Crippen LogP contribution in [0.15, 0.2) is 12.1 Å². The Balaban J connectivity index is 0.000000206. The summed E-state index contributed by atoms with van der Waals surface area (Å²) < 4.78 is 101. The number of rotatable bonds is 17. The van der Waals surface area contributed by atoms with Crippen molar-refractivity contribution in [2.24, 2.45) is 11.8 Å². The number of carboxylic acid groups (broad SMARTS) is 1. The van der Waals surface area contributed by atoms with Gasteiger partial charge in [0.15, 0.2) is 34.9 Å². The van der Waals surface area contributed by atoms with Crippen molar-refractivity contribution < 1.29 is 59.6 Å². The number of carbonyl (C=O) groups excluding carboxylic acids is 1. The lowest BCUT2D eigenvalue weighted by Gasteiger charge is -2.49. The number of H-pyrrole nitrogens is 2. The number of nitrogens with one attached hydrogen (secondary N) is 4. The Hall–Kier alpha value is -5.72. The van der Waals surface area contributed by atoms with E-state index >= 15 is 4.39 Å². The molecule has 2 unspecified atom stereocenters. The maximum absolute atomic E-state index is 15.6. The number of piperidine rings is 4. The lowest BCUT2D eigenvalue weighted by molar-refractivity contribution is -0.153. The van der Waals surface area contributed by atoms with Crippen LogP contribution in [0.25, 0.3) is 0 Å². The minimum Gasteiger partial charge on any atom is -0.481 e. The normalized spacial score (nSPS) is 23.4. The van der Waals surface area contributed by atoms with Gasteiger partial charge in [0.2, 0.25) is 31.9 Å². The van der Waals surface area contributed by atoms with Crippen LogP contribution < -0.4 is 20.4 Å². The van der Waals surface area contributed by atoms with Crippen LogP contribution in [0.5, 0.6) is 0 Å². The third-order valence-electron chi connectivity index (χ3n) is 16.2. The average Bonchev–Trinajstić information content (AvgIpc) is 3.20. The number of halogens is 2. The molecular formula is C53H82F2N14O11S2. The maximum atomic E-state index is 15.6. The highest BCUT2D eigenvalue weighted by Gasteiger charge is 2.47. The zero-order chi connectivity index (χ0) is 58.2. The van der Waals surface area contributed by atoms with Crippen molar-refractivity contribution in [3.8, 4) is 0 Å². The van der Waals surface area contributed by atoms with E-state index < -0.39 is 50.2 Å². The predicted octanol–water partition coefficient (Wildman–Crippen LogP) is 6.22. The van der Waals surface area contributed by atoms with Crippen molar-refractivity contribution in [3.05, 3.63) is 46.5 Å². The second kappa shape index (κ2) is 28.2. The molecule has 6 aliphatic heterocycles. The number of hydrogen-bond acceptors (Lipinski definition) is 20. The van der Waals surface area contributed by atoms with E-state index in [-0.39, 0.29) is 109 Å². The molecule has 29 heteroatoms. The Morgan fingerprint density at radius 1 is 0.671 bits per heavy atom. The van der Waals surface area contributed by atoms with Gasteiger partial charge in [0, 0.05) is 100 Å². The second-order valence-electron chi connectivity index (χ2n) is 21.7. The van der Waals surface area contributed by atoms with Crippen molar-refractivity contribution >= 4 is 67.2 Å². The Labute approximate surface area is 479 Å². The molecule has 0 amide bonds. The van der Waals surface area contributed by atoms with Gasteiger partial charge in [-0.2, -0.15) is 28.8 Å². The van der Waals surface area contributed by atoms with Crippen LogP contribution >= 0.6 is 0 Å². The summed E-state index contributed by atoms with van der Waals surface area (Å²) in [5, 5.41) is 37.6. The molecule has 0 radical (unpaired) electrons. The van der Waals surface area contributed by atoms with Crippen LogP contribution in [0.3, 0.4) is 0 Å². The second-order valence-corrected chi connectivity index (χ2v) is 26.0. The topological polar surface area (TPSA) is 317 Å². The number of sulfonamides is 2. The number of aliphatic hydroxyl groups is 1. The van der Waals surface area contributed by atoms with Crippen LogP contribution in [0.4, 0.5) is 43.9 Å². The van der Waals surface area contributed by atoms with E-state index in [0.29, 0.717) is 89.4 Å². The molecule has 6 atom stereocenters. The van der Waals surface area contributed by atoms with E-state index in [0.717, 1.165) is 49.9 Å². The first-order valence-electron chi connectivity index (χ1n) is 28.0. The lowest BCUT2D eigenvalue weighted by atomic mass is 9.83. The molecule has 6 N–H and O–H groups in total. The van der Waals surface area contributed by atoms with Crippen LogP contribution in [-0.2, 0) is 57.1 Å².